The molecule has 5 heteroatoms. The Labute approximate surface area is 161 Å². The Bertz CT molecular complexity index is 573. The molecular weight excluding hydrogens is 344 g/mol. The Morgan fingerprint density at radius 3 is 2.41 bits per heavy atom. The standard InChI is InChI=1S/C22H32O5/c1-2-17(23)14-15-19-18(20(24)16-21(19)25)12-10-8-6-4-3-5-7-9-11-13-22(26)27/h3-4,7-10,14-15,17-20,23-24H,2,5-6,11-13,16H2,1H3,(H,26,27)/b4-3-,9-7-,10-8-,15-14+/t17-,18+,19-,20+/m0/s1. The maximum absolute atomic E-state index is 12.0. The molecule has 1 rings (SSSR count). The van der Waals surface area contributed by atoms with Crippen LogP contribution in [0.3, 0.4) is 0 Å². The van der Waals surface area contributed by atoms with E-state index in [0.717, 1.165) is 12.8 Å². The minimum atomic E-state index is -0.784. The number of allylic oxidation sites excluding steroid dienone is 7. The minimum absolute atomic E-state index is 0.0371. The lowest BCUT2D eigenvalue weighted by Gasteiger charge is -2.16. The van der Waals surface area contributed by atoms with Gasteiger partial charge in [0.2, 0.25) is 0 Å². The van der Waals surface area contributed by atoms with E-state index in [1.54, 1.807) is 12.2 Å². The number of hydrogen-bond donors (Lipinski definition) is 3. The van der Waals surface area contributed by atoms with Gasteiger partial charge in [-0.1, -0.05) is 55.5 Å². The van der Waals surface area contributed by atoms with E-state index in [1.165, 1.54) is 0 Å². The first kappa shape index (κ1) is 23.1. The van der Waals surface area contributed by atoms with Crippen LogP contribution in [0.15, 0.2) is 48.6 Å². The number of carbonyl (C=O) groups excluding carboxylic acids is 1. The van der Waals surface area contributed by atoms with Crippen molar-refractivity contribution in [2.75, 3.05) is 0 Å². The van der Waals surface area contributed by atoms with Crippen molar-refractivity contribution in [3.63, 3.8) is 0 Å². The van der Waals surface area contributed by atoms with Crippen molar-refractivity contribution in [1.29, 1.82) is 0 Å². The summed E-state index contributed by atoms with van der Waals surface area (Å²) in [5.74, 6) is -1.20. The summed E-state index contributed by atoms with van der Waals surface area (Å²) in [4.78, 5) is 22.4. The van der Waals surface area contributed by atoms with E-state index < -0.39 is 18.2 Å². The highest BCUT2D eigenvalue weighted by atomic mass is 16.4. The lowest BCUT2D eigenvalue weighted by molar-refractivity contribution is -0.136. The number of ketones is 1. The zero-order valence-electron chi connectivity index (χ0n) is 16.0. The van der Waals surface area contributed by atoms with E-state index >= 15 is 0 Å². The highest BCUT2D eigenvalue weighted by Gasteiger charge is 2.39. The number of rotatable bonds is 12. The molecule has 27 heavy (non-hydrogen) atoms. The van der Waals surface area contributed by atoms with Crippen LogP contribution >= 0.6 is 0 Å². The number of carboxylic acids is 1. The van der Waals surface area contributed by atoms with E-state index in [2.05, 4.69) is 0 Å². The van der Waals surface area contributed by atoms with Crippen LogP contribution in [0.1, 0.15) is 51.9 Å². The molecule has 1 saturated carbocycles. The number of carbonyl (C=O) groups is 2. The predicted octanol–water partition coefficient (Wildman–Crippen LogP) is 3.58. The van der Waals surface area contributed by atoms with Crippen LogP contribution in [0.4, 0.5) is 0 Å². The van der Waals surface area contributed by atoms with Gasteiger partial charge in [0.25, 0.3) is 0 Å². The van der Waals surface area contributed by atoms with Gasteiger partial charge in [-0.05, 0) is 32.1 Å². The summed E-state index contributed by atoms with van der Waals surface area (Å²) in [7, 11) is 0. The van der Waals surface area contributed by atoms with Crippen molar-refractivity contribution in [2.45, 2.75) is 64.1 Å². The monoisotopic (exact) mass is 376 g/mol. The molecule has 0 amide bonds. The second-order valence-electron chi connectivity index (χ2n) is 6.84. The molecule has 0 radical (unpaired) electrons. The molecule has 1 aliphatic rings. The number of aliphatic hydroxyl groups is 2. The van der Waals surface area contributed by atoms with Crippen molar-refractivity contribution in [2.24, 2.45) is 11.8 Å². The van der Waals surface area contributed by atoms with Gasteiger partial charge in [0.05, 0.1) is 12.2 Å². The second kappa shape index (κ2) is 13.2. The SMILES string of the molecule is CC[C@H](O)/C=C/[C@@H]1C(=O)C[C@@H](O)[C@@H]1C/C=C\C/C=C\C/C=C\CCC(=O)O. The zero-order chi connectivity index (χ0) is 20.1. The summed E-state index contributed by atoms with van der Waals surface area (Å²) >= 11 is 0. The van der Waals surface area contributed by atoms with Crippen LogP contribution in [-0.2, 0) is 9.59 Å². The first-order valence-corrected chi connectivity index (χ1v) is 9.69. The van der Waals surface area contributed by atoms with Crippen LogP contribution in [0, 0.1) is 11.8 Å². The van der Waals surface area contributed by atoms with E-state index in [4.69, 9.17) is 5.11 Å². The van der Waals surface area contributed by atoms with Gasteiger partial charge in [-0.25, -0.2) is 0 Å². The molecule has 0 spiro atoms. The van der Waals surface area contributed by atoms with Crippen LogP contribution in [0.25, 0.3) is 0 Å². The maximum atomic E-state index is 12.0. The summed E-state index contributed by atoms with van der Waals surface area (Å²) < 4.78 is 0. The van der Waals surface area contributed by atoms with E-state index in [1.807, 2.05) is 43.4 Å². The average molecular weight is 376 g/mol. The number of aliphatic hydroxyl groups excluding tert-OH is 2. The lowest BCUT2D eigenvalue weighted by Crippen LogP contribution is -2.19. The average Bonchev–Trinajstić information content (AvgIpc) is 2.90. The van der Waals surface area contributed by atoms with Crippen molar-refractivity contribution < 1.29 is 24.9 Å². The summed E-state index contributed by atoms with van der Waals surface area (Å²) in [6, 6.07) is 0. The predicted molar refractivity (Wildman–Crippen MR) is 106 cm³/mol. The third-order valence-corrected chi connectivity index (χ3v) is 4.67. The van der Waals surface area contributed by atoms with Crippen LogP contribution in [0.2, 0.25) is 0 Å². The Morgan fingerprint density at radius 1 is 1.15 bits per heavy atom. The fraction of sp³-hybridized carbons (Fsp3) is 0.545. The molecule has 3 N–H and O–H groups in total. The molecule has 0 aromatic heterocycles. The summed E-state index contributed by atoms with van der Waals surface area (Å²) in [5, 5.41) is 28.3. The fourth-order valence-electron chi connectivity index (χ4n) is 3.03. The number of carboxylic acid groups (broad SMARTS) is 1. The first-order valence-electron chi connectivity index (χ1n) is 9.69. The molecule has 4 atom stereocenters. The van der Waals surface area contributed by atoms with Crippen molar-refractivity contribution in [3.8, 4) is 0 Å². The highest BCUT2D eigenvalue weighted by Crippen LogP contribution is 2.33. The molecule has 0 bridgehead atoms. The van der Waals surface area contributed by atoms with Crippen molar-refractivity contribution in [3.05, 3.63) is 48.6 Å². The van der Waals surface area contributed by atoms with Crippen LogP contribution < -0.4 is 0 Å². The topological polar surface area (TPSA) is 94.8 Å². The van der Waals surface area contributed by atoms with Crippen LogP contribution in [-0.4, -0.2) is 39.3 Å². The largest absolute Gasteiger partial charge is 0.481 e. The molecule has 0 unspecified atom stereocenters. The zero-order valence-corrected chi connectivity index (χ0v) is 16.0. The number of hydrogen-bond acceptors (Lipinski definition) is 4. The molecule has 1 fully saturated rings. The minimum Gasteiger partial charge on any atom is -0.481 e. The molecule has 5 nitrogen and oxygen atoms in total. The highest BCUT2D eigenvalue weighted by molar-refractivity contribution is 5.86. The van der Waals surface area contributed by atoms with Crippen molar-refractivity contribution in [1.82, 2.24) is 0 Å². The third kappa shape index (κ3) is 9.50. The van der Waals surface area contributed by atoms with Gasteiger partial charge in [0.15, 0.2) is 0 Å². The van der Waals surface area contributed by atoms with E-state index in [0.29, 0.717) is 19.3 Å². The smallest absolute Gasteiger partial charge is 0.303 e. The van der Waals surface area contributed by atoms with Gasteiger partial charge in [-0.2, -0.15) is 0 Å². The molecular formula is C22H32O5. The number of Topliss-reactive ketones (excluding diaryl/α,β-unsaturated/α-hetero) is 1. The lowest BCUT2D eigenvalue weighted by atomic mass is 9.90. The summed E-state index contributed by atoms with van der Waals surface area (Å²) in [5.41, 5.74) is 0. The Morgan fingerprint density at radius 2 is 1.78 bits per heavy atom. The van der Waals surface area contributed by atoms with Gasteiger partial charge in [0.1, 0.15) is 5.78 Å². The van der Waals surface area contributed by atoms with Crippen molar-refractivity contribution >= 4 is 11.8 Å². The number of aliphatic carboxylic acids is 1. The molecule has 0 heterocycles. The normalized spacial score (nSPS) is 24.9. The van der Waals surface area contributed by atoms with Gasteiger partial charge in [0, 0.05) is 24.7 Å². The van der Waals surface area contributed by atoms with Gasteiger partial charge < -0.3 is 15.3 Å². The Hall–Kier alpha value is -1.98. The molecule has 0 aliphatic heterocycles. The van der Waals surface area contributed by atoms with Gasteiger partial charge >= 0.3 is 5.97 Å². The Balaban J connectivity index is 2.35. The van der Waals surface area contributed by atoms with E-state index in [-0.39, 0.29) is 30.5 Å². The second-order valence-corrected chi connectivity index (χ2v) is 6.84. The summed E-state index contributed by atoms with van der Waals surface area (Å²) in [6.07, 6.45) is 17.8. The molecule has 0 saturated heterocycles. The third-order valence-electron chi connectivity index (χ3n) is 4.67. The summed E-state index contributed by atoms with van der Waals surface area (Å²) in [6.45, 7) is 1.87. The molecule has 0 aromatic carbocycles. The van der Waals surface area contributed by atoms with Gasteiger partial charge in [-0.15, -0.1) is 0 Å². The fourth-order valence-corrected chi connectivity index (χ4v) is 3.03. The Kier molecular flexibility index (Phi) is 11.3. The quantitative estimate of drug-likeness (QED) is 0.453. The first-order chi connectivity index (χ1) is 13.0. The maximum Gasteiger partial charge on any atom is 0.303 e. The molecule has 1 aliphatic carbocycles. The van der Waals surface area contributed by atoms with Gasteiger partial charge in [-0.3, -0.25) is 9.59 Å². The molecule has 150 valence electrons. The van der Waals surface area contributed by atoms with Crippen LogP contribution in [0.5, 0.6) is 0 Å². The van der Waals surface area contributed by atoms with E-state index in [9.17, 15) is 19.8 Å². The molecule has 0 aromatic rings.